The Kier molecular flexibility index (Phi) is 5.60. The van der Waals surface area contributed by atoms with Crippen molar-refractivity contribution in [2.45, 2.75) is 31.8 Å². The minimum Gasteiger partial charge on any atom is -0.341 e. The number of carbonyl (C=O) groups is 1. The van der Waals surface area contributed by atoms with Crippen molar-refractivity contribution in [3.05, 3.63) is 59.3 Å². The first kappa shape index (κ1) is 17.9. The molecule has 1 N–H and O–H groups in total. The van der Waals surface area contributed by atoms with Crippen LogP contribution in [0, 0.1) is 0 Å². The minimum absolute atomic E-state index is 0.110. The second-order valence-electron chi connectivity index (χ2n) is 6.60. The molecule has 1 aromatic carbocycles. The quantitative estimate of drug-likeness (QED) is 0.705. The lowest BCUT2D eigenvalue weighted by molar-refractivity contribution is -0.134. The van der Waals surface area contributed by atoms with Crippen LogP contribution in [0.15, 0.2) is 52.4 Å². The fourth-order valence-corrected chi connectivity index (χ4v) is 3.96. The summed E-state index contributed by atoms with van der Waals surface area (Å²) < 4.78 is 5.36. The van der Waals surface area contributed by atoms with Gasteiger partial charge in [-0.1, -0.05) is 41.6 Å². The SMILES string of the molecule is O=C([C@@H](NCc1nc(-c2cccs2)no1)c1ccccc1)N1CCCCC1. The maximum atomic E-state index is 13.1. The average molecular weight is 382 g/mol. The molecular weight excluding hydrogens is 360 g/mol. The monoisotopic (exact) mass is 382 g/mol. The summed E-state index contributed by atoms with van der Waals surface area (Å²) in [6.45, 7) is 2.00. The Morgan fingerprint density at radius 1 is 1.15 bits per heavy atom. The molecule has 1 aliphatic heterocycles. The van der Waals surface area contributed by atoms with Crippen LogP contribution in [0.25, 0.3) is 10.7 Å². The molecule has 0 saturated carbocycles. The zero-order valence-corrected chi connectivity index (χ0v) is 15.8. The second-order valence-corrected chi connectivity index (χ2v) is 7.55. The van der Waals surface area contributed by atoms with E-state index in [0.717, 1.165) is 36.4 Å². The maximum absolute atomic E-state index is 13.1. The standard InChI is InChI=1S/C20H22N4O2S/c25-20(24-11-5-2-6-12-24)18(15-8-3-1-4-9-15)21-14-17-22-19(23-26-17)16-10-7-13-27-16/h1,3-4,7-10,13,18,21H,2,5-6,11-12,14H2/t18-/m0/s1. The van der Waals surface area contributed by atoms with Crippen LogP contribution in [-0.4, -0.2) is 34.0 Å². The Labute approximate surface area is 162 Å². The third kappa shape index (κ3) is 4.26. The Hall–Kier alpha value is -2.51. The highest BCUT2D eigenvalue weighted by atomic mass is 32.1. The lowest BCUT2D eigenvalue weighted by Gasteiger charge is -2.30. The van der Waals surface area contributed by atoms with E-state index in [0.29, 0.717) is 18.3 Å². The van der Waals surface area contributed by atoms with Gasteiger partial charge < -0.3 is 9.42 Å². The molecule has 1 atom stereocenters. The first-order valence-corrected chi connectivity index (χ1v) is 10.1. The molecule has 0 bridgehead atoms. The molecule has 1 aliphatic rings. The van der Waals surface area contributed by atoms with Gasteiger partial charge in [0.2, 0.25) is 17.6 Å². The van der Waals surface area contributed by atoms with E-state index in [9.17, 15) is 4.79 Å². The molecule has 27 heavy (non-hydrogen) atoms. The predicted octanol–water partition coefficient (Wildman–Crippen LogP) is 3.64. The van der Waals surface area contributed by atoms with Gasteiger partial charge in [0.15, 0.2) is 0 Å². The number of thiophene rings is 1. The van der Waals surface area contributed by atoms with E-state index in [-0.39, 0.29) is 5.91 Å². The molecule has 0 radical (unpaired) electrons. The summed E-state index contributed by atoms with van der Waals surface area (Å²) in [5.74, 6) is 1.17. The van der Waals surface area contributed by atoms with Crippen molar-refractivity contribution in [2.75, 3.05) is 13.1 Å². The lowest BCUT2D eigenvalue weighted by atomic mass is 10.0. The minimum atomic E-state index is -0.415. The molecule has 1 fully saturated rings. The van der Waals surface area contributed by atoms with Gasteiger partial charge in [0.25, 0.3) is 0 Å². The van der Waals surface area contributed by atoms with Gasteiger partial charge in [-0.15, -0.1) is 11.3 Å². The van der Waals surface area contributed by atoms with Crippen molar-refractivity contribution >= 4 is 17.2 Å². The highest BCUT2D eigenvalue weighted by molar-refractivity contribution is 7.13. The Bertz CT molecular complexity index is 857. The maximum Gasteiger partial charge on any atom is 0.244 e. The van der Waals surface area contributed by atoms with Crippen molar-refractivity contribution in [3.8, 4) is 10.7 Å². The van der Waals surface area contributed by atoms with Crippen LogP contribution in [0.2, 0.25) is 0 Å². The molecule has 0 unspecified atom stereocenters. The fraction of sp³-hybridized carbons (Fsp3) is 0.350. The van der Waals surface area contributed by atoms with Crippen LogP contribution >= 0.6 is 11.3 Å². The zero-order chi connectivity index (χ0) is 18.5. The molecule has 6 nitrogen and oxygen atoms in total. The molecule has 3 heterocycles. The van der Waals surface area contributed by atoms with E-state index in [2.05, 4.69) is 15.5 Å². The van der Waals surface area contributed by atoms with Gasteiger partial charge in [0.05, 0.1) is 11.4 Å². The van der Waals surface area contributed by atoms with E-state index in [1.165, 1.54) is 6.42 Å². The van der Waals surface area contributed by atoms with Gasteiger partial charge in [0.1, 0.15) is 6.04 Å². The number of aromatic nitrogens is 2. The number of benzene rings is 1. The number of rotatable bonds is 6. The van der Waals surface area contributed by atoms with Gasteiger partial charge >= 0.3 is 0 Å². The van der Waals surface area contributed by atoms with Crippen molar-refractivity contribution in [1.29, 1.82) is 0 Å². The second kappa shape index (κ2) is 8.45. The highest BCUT2D eigenvalue weighted by Gasteiger charge is 2.27. The third-order valence-corrected chi connectivity index (χ3v) is 5.58. The molecule has 0 aliphatic carbocycles. The van der Waals surface area contributed by atoms with Gasteiger partial charge in [0, 0.05) is 13.1 Å². The largest absolute Gasteiger partial charge is 0.341 e. The van der Waals surface area contributed by atoms with Crippen LogP contribution in [-0.2, 0) is 11.3 Å². The topological polar surface area (TPSA) is 71.3 Å². The molecular formula is C20H22N4O2S. The van der Waals surface area contributed by atoms with Crippen LogP contribution in [0.4, 0.5) is 0 Å². The van der Waals surface area contributed by atoms with E-state index >= 15 is 0 Å². The molecule has 1 amide bonds. The molecule has 140 valence electrons. The number of nitrogens with one attached hydrogen (secondary N) is 1. The van der Waals surface area contributed by atoms with Gasteiger partial charge in [-0.3, -0.25) is 10.1 Å². The summed E-state index contributed by atoms with van der Waals surface area (Å²) in [6, 6.07) is 13.3. The molecule has 3 aromatic rings. The first-order valence-electron chi connectivity index (χ1n) is 9.25. The molecule has 0 spiro atoms. The number of likely N-dealkylation sites (tertiary alicyclic amines) is 1. The number of hydrogen-bond acceptors (Lipinski definition) is 6. The fourth-order valence-electron chi connectivity index (χ4n) is 3.31. The van der Waals surface area contributed by atoms with E-state index in [1.54, 1.807) is 11.3 Å². The molecule has 4 rings (SSSR count). The summed E-state index contributed by atoms with van der Waals surface area (Å²) in [5, 5.41) is 9.34. The van der Waals surface area contributed by atoms with Crippen LogP contribution in [0.1, 0.15) is 36.8 Å². The number of piperidine rings is 1. The average Bonchev–Trinajstić information content (AvgIpc) is 3.41. The van der Waals surface area contributed by atoms with Crippen molar-refractivity contribution in [1.82, 2.24) is 20.4 Å². The van der Waals surface area contributed by atoms with Crippen molar-refractivity contribution in [3.63, 3.8) is 0 Å². The smallest absolute Gasteiger partial charge is 0.244 e. The normalized spacial score (nSPS) is 15.6. The number of hydrogen-bond donors (Lipinski definition) is 1. The lowest BCUT2D eigenvalue weighted by Crippen LogP contribution is -2.43. The zero-order valence-electron chi connectivity index (χ0n) is 15.0. The van der Waals surface area contributed by atoms with Crippen LogP contribution in [0.5, 0.6) is 0 Å². The van der Waals surface area contributed by atoms with Gasteiger partial charge in [-0.25, -0.2) is 0 Å². The number of nitrogens with zero attached hydrogens (tertiary/aromatic N) is 3. The van der Waals surface area contributed by atoms with Crippen LogP contribution < -0.4 is 5.32 Å². The number of carbonyl (C=O) groups excluding carboxylic acids is 1. The summed E-state index contributed by atoms with van der Waals surface area (Å²) >= 11 is 1.57. The molecule has 1 saturated heterocycles. The number of amides is 1. The van der Waals surface area contributed by atoms with Crippen molar-refractivity contribution < 1.29 is 9.32 Å². The predicted molar refractivity (Wildman–Crippen MR) is 104 cm³/mol. The Morgan fingerprint density at radius 2 is 1.96 bits per heavy atom. The summed E-state index contributed by atoms with van der Waals surface area (Å²) in [4.78, 5) is 20.5. The summed E-state index contributed by atoms with van der Waals surface area (Å²) in [5.41, 5.74) is 0.950. The van der Waals surface area contributed by atoms with Crippen molar-refractivity contribution in [2.24, 2.45) is 0 Å². The Balaban J connectivity index is 1.48. The van der Waals surface area contributed by atoms with E-state index in [1.807, 2.05) is 52.7 Å². The first-order chi connectivity index (χ1) is 13.3. The molecule has 7 heteroatoms. The van der Waals surface area contributed by atoms with Gasteiger partial charge in [-0.05, 0) is 36.3 Å². The summed E-state index contributed by atoms with van der Waals surface area (Å²) in [6.07, 6.45) is 3.34. The van der Waals surface area contributed by atoms with E-state index < -0.39 is 6.04 Å². The third-order valence-electron chi connectivity index (χ3n) is 4.71. The Morgan fingerprint density at radius 3 is 2.70 bits per heavy atom. The van der Waals surface area contributed by atoms with Crippen LogP contribution in [0.3, 0.4) is 0 Å². The van der Waals surface area contributed by atoms with Gasteiger partial charge in [-0.2, -0.15) is 4.98 Å². The van der Waals surface area contributed by atoms with E-state index in [4.69, 9.17) is 4.52 Å². The summed E-state index contributed by atoms with van der Waals surface area (Å²) in [7, 11) is 0. The molecule has 2 aromatic heterocycles. The highest BCUT2D eigenvalue weighted by Crippen LogP contribution is 2.22.